The Kier molecular flexibility index (Phi) is 3.75. The summed E-state index contributed by atoms with van der Waals surface area (Å²) in [5.41, 5.74) is 6.65. The highest BCUT2D eigenvalue weighted by atomic mass is 79.9. The van der Waals surface area contributed by atoms with E-state index in [1.54, 1.807) is 36.4 Å². The van der Waals surface area contributed by atoms with E-state index in [2.05, 4.69) is 15.9 Å². The first-order valence-electron chi connectivity index (χ1n) is 5.02. The van der Waals surface area contributed by atoms with Crippen molar-refractivity contribution in [3.05, 3.63) is 51.5 Å². The number of anilines is 1. The molecule has 18 heavy (non-hydrogen) atoms. The van der Waals surface area contributed by atoms with Gasteiger partial charge in [-0.3, -0.25) is 0 Å². The third-order valence-corrected chi connectivity index (χ3v) is 3.09. The van der Waals surface area contributed by atoms with Crippen molar-refractivity contribution in [1.82, 2.24) is 0 Å². The SMILES string of the molecule is N#Cc1cc(Cl)ccc1Oc1ccc(N)cc1Br. The summed E-state index contributed by atoms with van der Waals surface area (Å²) < 4.78 is 6.38. The van der Waals surface area contributed by atoms with Crippen LogP contribution < -0.4 is 10.5 Å². The predicted octanol–water partition coefficient (Wildman–Crippen LogP) is 4.35. The van der Waals surface area contributed by atoms with Crippen molar-refractivity contribution in [1.29, 1.82) is 5.26 Å². The average Bonchev–Trinajstić information content (AvgIpc) is 2.34. The van der Waals surface area contributed by atoms with Gasteiger partial charge in [-0.15, -0.1) is 0 Å². The van der Waals surface area contributed by atoms with E-state index in [1.165, 1.54) is 0 Å². The minimum Gasteiger partial charge on any atom is -0.455 e. The van der Waals surface area contributed by atoms with Crippen molar-refractivity contribution in [2.45, 2.75) is 0 Å². The first-order valence-corrected chi connectivity index (χ1v) is 6.20. The summed E-state index contributed by atoms with van der Waals surface area (Å²) in [6, 6.07) is 12.1. The lowest BCUT2D eigenvalue weighted by Gasteiger charge is -2.09. The first-order chi connectivity index (χ1) is 8.60. The van der Waals surface area contributed by atoms with Crippen molar-refractivity contribution >= 4 is 33.2 Å². The number of nitrogens with two attached hydrogens (primary N) is 1. The minimum atomic E-state index is 0.381. The lowest BCUT2D eigenvalue weighted by molar-refractivity contribution is 0.478. The van der Waals surface area contributed by atoms with Gasteiger partial charge in [-0.2, -0.15) is 5.26 Å². The van der Waals surface area contributed by atoms with Gasteiger partial charge in [0.1, 0.15) is 17.6 Å². The fraction of sp³-hybridized carbons (Fsp3) is 0. The van der Waals surface area contributed by atoms with Gasteiger partial charge in [0.15, 0.2) is 0 Å². The zero-order valence-corrected chi connectivity index (χ0v) is 11.5. The monoisotopic (exact) mass is 322 g/mol. The largest absolute Gasteiger partial charge is 0.455 e. The van der Waals surface area contributed by atoms with Crippen molar-refractivity contribution in [3.8, 4) is 17.6 Å². The van der Waals surface area contributed by atoms with Crippen LogP contribution in [0.2, 0.25) is 5.02 Å². The third-order valence-electron chi connectivity index (χ3n) is 2.24. The molecule has 2 rings (SSSR count). The normalized spacial score (nSPS) is 9.83. The third kappa shape index (κ3) is 2.76. The van der Waals surface area contributed by atoms with Crippen LogP contribution in [-0.2, 0) is 0 Å². The molecule has 0 aliphatic carbocycles. The Bertz CT molecular complexity index is 637. The molecule has 5 heteroatoms. The van der Waals surface area contributed by atoms with Gasteiger partial charge >= 0.3 is 0 Å². The molecule has 2 aromatic carbocycles. The highest BCUT2D eigenvalue weighted by Gasteiger charge is 2.08. The molecule has 0 fully saturated rings. The summed E-state index contributed by atoms with van der Waals surface area (Å²) in [4.78, 5) is 0. The van der Waals surface area contributed by atoms with Gasteiger partial charge in [0.05, 0.1) is 10.0 Å². The second-order valence-electron chi connectivity index (χ2n) is 3.54. The molecule has 0 heterocycles. The summed E-state index contributed by atoms with van der Waals surface area (Å²) in [7, 11) is 0. The van der Waals surface area contributed by atoms with Crippen LogP contribution in [0.5, 0.6) is 11.5 Å². The Morgan fingerprint density at radius 3 is 2.56 bits per heavy atom. The highest BCUT2D eigenvalue weighted by Crippen LogP contribution is 2.33. The van der Waals surface area contributed by atoms with Crippen molar-refractivity contribution < 1.29 is 4.74 Å². The minimum absolute atomic E-state index is 0.381. The molecule has 0 aliphatic rings. The molecule has 2 N–H and O–H groups in total. The lowest BCUT2D eigenvalue weighted by Crippen LogP contribution is -1.91. The molecule has 90 valence electrons. The van der Waals surface area contributed by atoms with Crippen molar-refractivity contribution in [3.63, 3.8) is 0 Å². The highest BCUT2D eigenvalue weighted by molar-refractivity contribution is 9.10. The molecule has 0 saturated carbocycles. The summed E-state index contributed by atoms with van der Waals surface area (Å²) in [6.07, 6.45) is 0. The predicted molar refractivity (Wildman–Crippen MR) is 74.8 cm³/mol. The lowest BCUT2D eigenvalue weighted by atomic mass is 10.2. The Morgan fingerprint density at radius 2 is 1.89 bits per heavy atom. The quantitative estimate of drug-likeness (QED) is 0.836. The maximum Gasteiger partial charge on any atom is 0.145 e. The maximum atomic E-state index is 9.01. The molecule has 0 unspecified atom stereocenters. The Labute approximate surface area is 118 Å². The molecule has 3 nitrogen and oxygen atoms in total. The van der Waals surface area contributed by atoms with Crippen LogP contribution in [-0.4, -0.2) is 0 Å². The second kappa shape index (κ2) is 5.30. The van der Waals surface area contributed by atoms with E-state index >= 15 is 0 Å². The zero-order chi connectivity index (χ0) is 13.1. The standard InChI is InChI=1S/C13H8BrClN2O/c14-11-6-10(17)2-4-13(11)18-12-3-1-9(15)5-8(12)7-16/h1-6H,17H2. The number of hydrogen-bond donors (Lipinski definition) is 1. The molecule has 0 aromatic heterocycles. The number of nitriles is 1. The topological polar surface area (TPSA) is 59.0 Å². The first kappa shape index (κ1) is 12.7. The van der Waals surface area contributed by atoms with E-state index in [0.29, 0.717) is 27.8 Å². The van der Waals surface area contributed by atoms with Crippen LogP contribution in [0.3, 0.4) is 0 Å². The summed E-state index contributed by atoms with van der Waals surface area (Å²) in [5.74, 6) is 1.04. The van der Waals surface area contributed by atoms with Gasteiger partial charge in [0.2, 0.25) is 0 Å². The van der Waals surface area contributed by atoms with Crippen LogP contribution in [0.4, 0.5) is 5.69 Å². The van der Waals surface area contributed by atoms with Crippen LogP contribution in [0.25, 0.3) is 0 Å². The molecule has 0 spiro atoms. The van der Waals surface area contributed by atoms with E-state index in [0.717, 1.165) is 4.47 Å². The number of rotatable bonds is 2. The van der Waals surface area contributed by atoms with E-state index in [9.17, 15) is 0 Å². The molecule has 0 bridgehead atoms. The van der Waals surface area contributed by atoms with Crippen LogP contribution >= 0.6 is 27.5 Å². The molecule has 0 radical (unpaired) electrons. The second-order valence-corrected chi connectivity index (χ2v) is 4.83. The zero-order valence-electron chi connectivity index (χ0n) is 9.15. The fourth-order valence-corrected chi connectivity index (χ4v) is 2.05. The Hall–Kier alpha value is -1.70. The van der Waals surface area contributed by atoms with Gasteiger partial charge in [0.25, 0.3) is 0 Å². The molecule has 0 amide bonds. The smallest absolute Gasteiger partial charge is 0.145 e. The van der Waals surface area contributed by atoms with E-state index in [-0.39, 0.29) is 0 Å². The van der Waals surface area contributed by atoms with Crippen LogP contribution in [0.15, 0.2) is 40.9 Å². The molecular weight excluding hydrogens is 316 g/mol. The van der Waals surface area contributed by atoms with Gasteiger partial charge in [-0.25, -0.2) is 0 Å². The van der Waals surface area contributed by atoms with Crippen LogP contribution in [0.1, 0.15) is 5.56 Å². The molecular formula is C13H8BrClN2O. The van der Waals surface area contributed by atoms with E-state index in [1.807, 2.05) is 6.07 Å². The van der Waals surface area contributed by atoms with Gasteiger partial charge in [0, 0.05) is 10.7 Å². The Morgan fingerprint density at radius 1 is 1.17 bits per heavy atom. The summed E-state index contributed by atoms with van der Waals surface area (Å²) in [6.45, 7) is 0. The van der Waals surface area contributed by atoms with E-state index in [4.69, 9.17) is 27.3 Å². The molecule has 0 saturated heterocycles. The molecule has 2 aromatic rings. The molecule has 0 aliphatic heterocycles. The van der Waals surface area contributed by atoms with Crippen molar-refractivity contribution in [2.24, 2.45) is 0 Å². The number of hydrogen-bond acceptors (Lipinski definition) is 3. The van der Waals surface area contributed by atoms with Gasteiger partial charge in [-0.1, -0.05) is 11.6 Å². The van der Waals surface area contributed by atoms with Crippen molar-refractivity contribution in [2.75, 3.05) is 5.73 Å². The van der Waals surface area contributed by atoms with Crippen LogP contribution in [0, 0.1) is 11.3 Å². The summed E-state index contributed by atoms with van der Waals surface area (Å²) in [5, 5.41) is 9.51. The fourth-order valence-electron chi connectivity index (χ4n) is 1.40. The van der Waals surface area contributed by atoms with E-state index < -0.39 is 0 Å². The number of benzene rings is 2. The number of ether oxygens (including phenoxy) is 1. The average molecular weight is 324 g/mol. The summed E-state index contributed by atoms with van der Waals surface area (Å²) >= 11 is 9.17. The number of nitrogen functional groups attached to an aromatic ring is 1. The van der Waals surface area contributed by atoms with Gasteiger partial charge in [-0.05, 0) is 52.3 Å². The number of halogens is 2. The maximum absolute atomic E-state index is 9.01. The Balaban J connectivity index is 2.37. The molecule has 0 atom stereocenters. The number of nitrogens with zero attached hydrogens (tertiary/aromatic N) is 1. The van der Waals surface area contributed by atoms with Gasteiger partial charge < -0.3 is 10.5 Å².